The predicted octanol–water partition coefficient (Wildman–Crippen LogP) is 3.80. The normalized spacial score (nSPS) is 38.1. The molecule has 1 heteroatoms. The van der Waals surface area contributed by atoms with Gasteiger partial charge in [-0.3, -0.25) is 0 Å². The second-order valence-electron chi connectivity index (χ2n) is 6.23. The van der Waals surface area contributed by atoms with Crippen LogP contribution in [-0.2, 0) is 0 Å². The zero-order valence-corrected chi connectivity index (χ0v) is 11.2. The van der Waals surface area contributed by atoms with Gasteiger partial charge in [-0.05, 0) is 42.4 Å². The highest BCUT2D eigenvalue weighted by Gasteiger charge is 2.49. The number of allylic oxidation sites excluding steroid dienone is 2. The number of aliphatic hydroxyl groups excluding tert-OH is 1. The molecule has 1 aliphatic carbocycles. The molecule has 16 heavy (non-hydrogen) atoms. The van der Waals surface area contributed by atoms with E-state index < -0.39 is 0 Å². The van der Waals surface area contributed by atoms with Crippen molar-refractivity contribution < 1.29 is 5.11 Å². The van der Waals surface area contributed by atoms with Crippen LogP contribution < -0.4 is 0 Å². The van der Waals surface area contributed by atoms with Crippen LogP contribution in [0.3, 0.4) is 0 Å². The highest BCUT2D eigenvalue weighted by Crippen LogP contribution is 2.56. The first-order chi connectivity index (χ1) is 7.29. The van der Waals surface area contributed by atoms with E-state index in [1.807, 2.05) is 0 Å². The molecule has 1 N–H and O–H groups in total. The van der Waals surface area contributed by atoms with Crippen molar-refractivity contribution in [1.29, 1.82) is 0 Å². The van der Waals surface area contributed by atoms with Gasteiger partial charge in [0.25, 0.3) is 0 Å². The summed E-state index contributed by atoms with van der Waals surface area (Å²) in [5.41, 5.74) is 1.44. The maximum Gasteiger partial charge on any atom is 0.0464 e. The first-order valence-electron chi connectivity index (χ1n) is 6.19. The molecule has 0 aromatic carbocycles. The van der Waals surface area contributed by atoms with Gasteiger partial charge in [-0.1, -0.05) is 39.0 Å². The Kier molecular flexibility index (Phi) is 3.69. The van der Waals surface area contributed by atoms with Crippen molar-refractivity contribution in [2.45, 2.75) is 40.5 Å². The van der Waals surface area contributed by atoms with E-state index in [9.17, 15) is 5.11 Å². The van der Waals surface area contributed by atoms with Crippen LogP contribution in [0.1, 0.15) is 40.5 Å². The van der Waals surface area contributed by atoms with Gasteiger partial charge in [-0.2, -0.15) is 0 Å². The SMILES string of the molecule is C=C[C@@]1(C)CC[C@@H](CO)C(C)(C)[C@H]1C(=C)C. The molecule has 3 atom stereocenters. The maximum atomic E-state index is 9.51. The Balaban J connectivity index is 3.16. The fourth-order valence-corrected chi connectivity index (χ4v) is 3.83. The maximum absolute atomic E-state index is 9.51. The molecular formula is C15H26O. The molecule has 0 bridgehead atoms. The van der Waals surface area contributed by atoms with E-state index in [-0.39, 0.29) is 17.4 Å². The van der Waals surface area contributed by atoms with E-state index in [1.165, 1.54) is 5.57 Å². The summed E-state index contributed by atoms with van der Waals surface area (Å²) >= 11 is 0. The minimum Gasteiger partial charge on any atom is -0.396 e. The van der Waals surface area contributed by atoms with Crippen LogP contribution in [0.2, 0.25) is 0 Å². The zero-order valence-electron chi connectivity index (χ0n) is 11.2. The van der Waals surface area contributed by atoms with Crippen LogP contribution in [-0.4, -0.2) is 11.7 Å². The second kappa shape index (κ2) is 4.37. The summed E-state index contributed by atoms with van der Waals surface area (Å²) in [7, 11) is 0. The van der Waals surface area contributed by atoms with E-state index in [0.717, 1.165) is 12.8 Å². The summed E-state index contributed by atoms with van der Waals surface area (Å²) in [6, 6.07) is 0. The fourth-order valence-electron chi connectivity index (χ4n) is 3.83. The van der Waals surface area contributed by atoms with Crippen molar-refractivity contribution in [3.63, 3.8) is 0 Å². The zero-order chi connectivity index (χ0) is 12.6. The Labute approximate surface area is 100 Å². The molecule has 1 nitrogen and oxygen atoms in total. The molecule has 0 aromatic heterocycles. The van der Waals surface area contributed by atoms with Crippen LogP contribution in [0, 0.1) is 22.7 Å². The second-order valence-corrected chi connectivity index (χ2v) is 6.23. The minimum absolute atomic E-state index is 0.0990. The van der Waals surface area contributed by atoms with E-state index in [0.29, 0.717) is 11.8 Å². The molecule has 0 aliphatic heterocycles. The molecule has 1 aliphatic rings. The molecule has 1 fully saturated rings. The lowest BCUT2D eigenvalue weighted by Gasteiger charge is -2.54. The lowest BCUT2D eigenvalue weighted by Crippen LogP contribution is -2.47. The van der Waals surface area contributed by atoms with Crippen molar-refractivity contribution in [3.8, 4) is 0 Å². The molecular weight excluding hydrogens is 196 g/mol. The van der Waals surface area contributed by atoms with E-state index >= 15 is 0 Å². The van der Waals surface area contributed by atoms with Gasteiger partial charge in [0.15, 0.2) is 0 Å². The van der Waals surface area contributed by atoms with Crippen molar-refractivity contribution in [2.75, 3.05) is 6.61 Å². The van der Waals surface area contributed by atoms with E-state index in [4.69, 9.17) is 0 Å². The largest absolute Gasteiger partial charge is 0.396 e. The molecule has 0 saturated heterocycles. The Morgan fingerprint density at radius 1 is 1.44 bits per heavy atom. The van der Waals surface area contributed by atoms with Crippen LogP contribution in [0.15, 0.2) is 24.8 Å². The molecule has 0 heterocycles. The highest BCUT2D eigenvalue weighted by atomic mass is 16.3. The van der Waals surface area contributed by atoms with Gasteiger partial charge in [0.1, 0.15) is 0 Å². The van der Waals surface area contributed by atoms with E-state index in [2.05, 4.69) is 46.9 Å². The van der Waals surface area contributed by atoms with Gasteiger partial charge >= 0.3 is 0 Å². The monoisotopic (exact) mass is 222 g/mol. The summed E-state index contributed by atoms with van der Waals surface area (Å²) < 4.78 is 0. The standard InChI is InChI=1S/C15H26O/c1-7-15(6)9-8-12(10-16)14(4,5)13(15)11(2)3/h7,12-13,16H,1-2,8-10H2,3-6H3/t12-,13+,15-/m0/s1. The molecule has 0 radical (unpaired) electrons. The van der Waals surface area contributed by atoms with Gasteiger partial charge in [-0.15, -0.1) is 6.58 Å². The van der Waals surface area contributed by atoms with Gasteiger partial charge in [-0.25, -0.2) is 0 Å². The van der Waals surface area contributed by atoms with Gasteiger partial charge in [0, 0.05) is 6.61 Å². The van der Waals surface area contributed by atoms with Crippen molar-refractivity contribution >= 4 is 0 Å². The number of hydrogen-bond acceptors (Lipinski definition) is 1. The average Bonchev–Trinajstić information content (AvgIpc) is 2.16. The third-order valence-corrected chi connectivity index (χ3v) is 4.67. The Bertz CT molecular complexity index is 290. The summed E-state index contributed by atoms with van der Waals surface area (Å²) in [5.74, 6) is 0.783. The summed E-state index contributed by atoms with van der Waals surface area (Å²) in [5, 5.41) is 9.51. The van der Waals surface area contributed by atoms with Crippen molar-refractivity contribution in [1.82, 2.24) is 0 Å². The Hall–Kier alpha value is -0.560. The first kappa shape index (κ1) is 13.5. The summed E-state index contributed by atoms with van der Waals surface area (Å²) in [4.78, 5) is 0. The number of rotatable bonds is 3. The molecule has 92 valence electrons. The lowest BCUT2D eigenvalue weighted by molar-refractivity contribution is -0.0223. The Morgan fingerprint density at radius 2 is 2.00 bits per heavy atom. The minimum atomic E-state index is 0.0990. The van der Waals surface area contributed by atoms with Crippen molar-refractivity contribution in [3.05, 3.63) is 24.8 Å². The number of hydrogen-bond donors (Lipinski definition) is 1. The molecule has 0 unspecified atom stereocenters. The van der Waals surface area contributed by atoms with Crippen LogP contribution >= 0.6 is 0 Å². The third kappa shape index (κ3) is 1.98. The van der Waals surface area contributed by atoms with Crippen LogP contribution in [0.25, 0.3) is 0 Å². The fraction of sp³-hybridized carbons (Fsp3) is 0.733. The quantitative estimate of drug-likeness (QED) is 0.720. The summed E-state index contributed by atoms with van der Waals surface area (Å²) in [6.07, 6.45) is 4.26. The third-order valence-electron chi connectivity index (χ3n) is 4.67. The van der Waals surface area contributed by atoms with E-state index in [1.54, 1.807) is 0 Å². The van der Waals surface area contributed by atoms with Gasteiger partial charge < -0.3 is 5.11 Å². The smallest absolute Gasteiger partial charge is 0.0464 e. The first-order valence-corrected chi connectivity index (χ1v) is 6.19. The molecule has 0 aromatic rings. The molecule has 1 saturated carbocycles. The highest BCUT2D eigenvalue weighted by molar-refractivity contribution is 5.17. The topological polar surface area (TPSA) is 20.2 Å². The lowest BCUT2D eigenvalue weighted by atomic mass is 9.51. The molecule has 0 spiro atoms. The van der Waals surface area contributed by atoms with Gasteiger partial charge in [0.05, 0.1) is 0 Å². The molecule has 0 amide bonds. The molecule has 1 rings (SSSR count). The van der Waals surface area contributed by atoms with Crippen LogP contribution in [0.5, 0.6) is 0 Å². The van der Waals surface area contributed by atoms with Crippen molar-refractivity contribution in [2.24, 2.45) is 22.7 Å². The Morgan fingerprint density at radius 3 is 2.38 bits per heavy atom. The average molecular weight is 222 g/mol. The van der Waals surface area contributed by atoms with Gasteiger partial charge in [0.2, 0.25) is 0 Å². The number of aliphatic hydroxyl groups is 1. The van der Waals surface area contributed by atoms with Crippen LogP contribution in [0.4, 0.5) is 0 Å². The summed E-state index contributed by atoms with van der Waals surface area (Å²) in [6.45, 7) is 17.3. The predicted molar refractivity (Wildman–Crippen MR) is 70.2 cm³/mol.